The molecule has 0 aromatic carbocycles. The van der Waals surface area contributed by atoms with Gasteiger partial charge in [0.25, 0.3) is 0 Å². The van der Waals surface area contributed by atoms with E-state index in [4.69, 9.17) is 4.42 Å². The second-order valence-corrected chi connectivity index (χ2v) is 1.52. The van der Waals surface area contributed by atoms with Crippen LogP contribution in [0.3, 0.4) is 0 Å². The van der Waals surface area contributed by atoms with Crippen LogP contribution >= 0.6 is 0 Å². The minimum absolute atomic E-state index is 0.910. The SMILES string of the molecule is C/C=C\c1ccco1. The minimum Gasteiger partial charge on any atom is -0.465 e. The Morgan fingerprint density at radius 3 is 3.00 bits per heavy atom. The molecule has 1 aromatic rings. The van der Waals surface area contributed by atoms with Crippen LogP contribution in [0.4, 0.5) is 0 Å². The highest BCUT2D eigenvalue weighted by Crippen LogP contribution is 2.00. The Balaban J connectivity index is 2.77. The van der Waals surface area contributed by atoms with Crippen LogP contribution in [-0.4, -0.2) is 0 Å². The van der Waals surface area contributed by atoms with Crippen molar-refractivity contribution < 1.29 is 4.42 Å². The number of allylic oxidation sites excluding steroid dienone is 1. The fourth-order valence-electron chi connectivity index (χ4n) is 0.550. The number of hydrogen-bond acceptors (Lipinski definition) is 1. The first kappa shape index (κ1) is 5.16. The third-order valence-corrected chi connectivity index (χ3v) is 0.874. The summed E-state index contributed by atoms with van der Waals surface area (Å²) in [6, 6.07) is 3.79. The maximum absolute atomic E-state index is 4.99. The van der Waals surface area contributed by atoms with E-state index < -0.39 is 0 Å². The van der Waals surface area contributed by atoms with Crippen molar-refractivity contribution in [1.29, 1.82) is 0 Å². The zero-order chi connectivity index (χ0) is 5.82. The highest BCUT2D eigenvalue weighted by atomic mass is 16.3. The van der Waals surface area contributed by atoms with Gasteiger partial charge >= 0.3 is 0 Å². The van der Waals surface area contributed by atoms with E-state index in [2.05, 4.69) is 0 Å². The summed E-state index contributed by atoms with van der Waals surface area (Å²) in [4.78, 5) is 0. The topological polar surface area (TPSA) is 13.1 Å². The molecule has 0 saturated heterocycles. The van der Waals surface area contributed by atoms with Gasteiger partial charge in [0.1, 0.15) is 5.76 Å². The van der Waals surface area contributed by atoms with E-state index >= 15 is 0 Å². The summed E-state index contributed by atoms with van der Waals surface area (Å²) in [6.45, 7) is 1.96. The Hall–Kier alpha value is -0.980. The van der Waals surface area contributed by atoms with Gasteiger partial charge in [-0.15, -0.1) is 0 Å². The molecule has 0 fully saturated rings. The molecule has 8 heavy (non-hydrogen) atoms. The standard InChI is InChI=1S/C7H8O/c1-2-4-7-5-3-6-8-7/h2-6H,1H3/b4-2-. The van der Waals surface area contributed by atoms with Crippen LogP contribution in [0, 0.1) is 0 Å². The summed E-state index contributed by atoms with van der Waals surface area (Å²) in [5.74, 6) is 0.910. The second-order valence-electron chi connectivity index (χ2n) is 1.52. The summed E-state index contributed by atoms with van der Waals surface area (Å²) < 4.78 is 4.99. The van der Waals surface area contributed by atoms with Crippen LogP contribution in [0.5, 0.6) is 0 Å². The smallest absolute Gasteiger partial charge is 0.126 e. The first-order valence-corrected chi connectivity index (χ1v) is 2.59. The highest BCUT2D eigenvalue weighted by molar-refractivity contribution is 5.41. The molecule has 0 aliphatic heterocycles. The predicted molar refractivity (Wildman–Crippen MR) is 33.4 cm³/mol. The largest absolute Gasteiger partial charge is 0.465 e. The molecule has 0 aliphatic carbocycles. The van der Waals surface area contributed by atoms with Gasteiger partial charge in [0.15, 0.2) is 0 Å². The molecule has 0 N–H and O–H groups in total. The van der Waals surface area contributed by atoms with E-state index in [9.17, 15) is 0 Å². The van der Waals surface area contributed by atoms with Gasteiger partial charge in [-0.3, -0.25) is 0 Å². The zero-order valence-electron chi connectivity index (χ0n) is 4.79. The van der Waals surface area contributed by atoms with Crippen LogP contribution in [-0.2, 0) is 0 Å². The molecule has 0 radical (unpaired) electrons. The molecule has 1 heteroatoms. The Kier molecular flexibility index (Phi) is 1.52. The van der Waals surface area contributed by atoms with Crippen LogP contribution in [0.15, 0.2) is 28.9 Å². The molecule has 1 heterocycles. The van der Waals surface area contributed by atoms with Crippen molar-refractivity contribution in [2.45, 2.75) is 6.92 Å². The van der Waals surface area contributed by atoms with Crippen LogP contribution in [0.25, 0.3) is 6.08 Å². The molecular formula is C7H8O. The molecule has 0 aliphatic rings. The molecule has 0 bridgehead atoms. The third-order valence-electron chi connectivity index (χ3n) is 0.874. The van der Waals surface area contributed by atoms with E-state index in [1.165, 1.54) is 0 Å². The normalized spacial score (nSPS) is 10.6. The van der Waals surface area contributed by atoms with Gasteiger partial charge < -0.3 is 4.42 Å². The third kappa shape index (κ3) is 0.997. The molecule has 0 unspecified atom stereocenters. The average Bonchev–Trinajstić information content (AvgIpc) is 2.19. The molecule has 0 spiro atoms. The molecule has 0 saturated carbocycles. The zero-order valence-corrected chi connectivity index (χ0v) is 4.79. The van der Waals surface area contributed by atoms with Gasteiger partial charge in [0.2, 0.25) is 0 Å². The number of furan rings is 1. The minimum atomic E-state index is 0.910. The van der Waals surface area contributed by atoms with Crippen molar-refractivity contribution in [3.05, 3.63) is 30.2 Å². The van der Waals surface area contributed by atoms with Gasteiger partial charge in [-0.25, -0.2) is 0 Å². The Morgan fingerprint density at radius 1 is 1.62 bits per heavy atom. The first-order valence-electron chi connectivity index (χ1n) is 2.59. The lowest BCUT2D eigenvalue weighted by Crippen LogP contribution is -1.54. The molecule has 42 valence electrons. The lowest BCUT2D eigenvalue weighted by molar-refractivity contribution is 0.557. The van der Waals surface area contributed by atoms with Gasteiger partial charge in [-0.2, -0.15) is 0 Å². The predicted octanol–water partition coefficient (Wildman–Crippen LogP) is 2.31. The van der Waals surface area contributed by atoms with Crippen LogP contribution < -0.4 is 0 Å². The van der Waals surface area contributed by atoms with Crippen molar-refractivity contribution in [3.63, 3.8) is 0 Å². The summed E-state index contributed by atoms with van der Waals surface area (Å²) in [5, 5.41) is 0. The maximum atomic E-state index is 4.99. The summed E-state index contributed by atoms with van der Waals surface area (Å²) in [7, 11) is 0. The molecule has 1 nitrogen and oxygen atoms in total. The molecule has 0 amide bonds. The van der Waals surface area contributed by atoms with Crippen LogP contribution in [0.1, 0.15) is 12.7 Å². The second kappa shape index (κ2) is 2.36. The van der Waals surface area contributed by atoms with Crippen molar-refractivity contribution in [3.8, 4) is 0 Å². The van der Waals surface area contributed by atoms with E-state index in [1.807, 2.05) is 31.2 Å². The molecule has 1 rings (SSSR count). The van der Waals surface area contributed by atoms with Crippen LogP contribution in [0.2, 0.25) is 0 Å². The van der Waals surface area contributed by atoms with Crippen molar-refractivity contribution in [2.24, 2.45) is 0 Å². The van der Waals surface area contributed by atoms with Gasteiger partial charge in [-0.05, 0) is 25.1 Å². The summed E-state index contributed by atoms with van der Waals surface area (Å²) in [6.07, 6.45) is 5.52. The average molecular weight is 108 g/mol. The Morgan fingerprint density at radius 2 is 2.50 bits per heavy atom. The van der Waals surface area contributed by atoms with E-state index in [-0.39, 0.29) is 0 Å². The Bertz CT molecular complexity index is 161. The van der Waals surface area contributed by atoms with E-state index in [0.717, 1.165) is 5.76 Å². The summed E-state index contributed by atoms with van der Waals surface area (Å²) >= 11 is 0. The maximum Gasteiger partial charge on any atom is 0.126 e. The fourth-order valence-corrected chi connectivity index (χ4v) is 0.550. The monoisotopic (exact) mass is 108 g/mol. The fraction of sp³-hybridized carbons (Fsp3) is 0.143. The van der Waals surface area contributed by atoms with Gasteiger partial charge in [-0.1, -0.05) is 6.08 Å². The number of rotatable bonds is 1. The van der Waals surface area contributed by atoms with E-state index in [1.54, 1.807) is 6.26 Å². The lowest BCUT2D eigenvalue weighted by atomic mass is 10.4. The first-order chi connectivity index (χ1) is 3.93. The lowest BCUT2D eigenvalue weighted by Gasteiger charge is -1.76. The quantitative estimate of drug-likeness (QED) is 0.538. The van der Waals surface area contributed by atoms with E-state index in [0.29, 0.717) is 0 Å². The Labute approximate surface area is 48.6 Å². The molecule has 1 aromatic heterocycles. The van der Waals surface area contributed by atoms with Crippen molar-refractivity contribution in [2.75, 3.05) is 0 Å². The molecular weight excluding hydrogens is 100 g/mol. The van der Waals surface area contributed by atoms with Crippen molar-refractivity contribution in [1.82, 2.24) is 0 Å². The molecule has 0 atom stereocenters. The van der Waals surface area contributed by atoms with Gasteiger partial charge in [0, 0.05) is 0 Å². The number of hydrogen-bond donors (Lipinski definition) is 0. The van der Waals surface area contributed by atoms with Crippen molar-refractivity contribution >= 4 is 6.08 Å². The summed E-state index contributed by atoms with van der Waals surface area (Å²) in [5.41, 5.74) is 0. The highest BCUT2D eigenvalue weighted by Gasteiger charge is 1.81. The van der Waals surface area contributed by atoms with Gasteiger partial charge in [0.05, 0.1) is 6.26 Å².